The third-order valence-electron chi connectivity index (χ3n) is 2.35. The summed E-state index contributed by atoms with van der Waals surface area (Å²) in [7, 11) is 1.28. The summed E-state index contributed by atoms with van der Waals surface area (Å²) >= 11 is 5.85. The zero-order chi connectivity index (χ0) is 13.9. The maximum atomic E-state index is 11.9. The first-order valence-electron chi connectivity index (χ1n) is 5.21. The topological polar surface area (TPSA) is 72.8 Å². The first-order valence-corrected chi connectivity index (χ1v) is 5.59. The minimum absolute atomic E-state index is 0.0818. The quantitative estimate of drug-likeness (QED) is 0.516. The fraction of sp³-hybridized carbons (Fsp3) is 0.333. The highest BCUT2D eigenvalue weighted by Gasteiger charge is 2.27. The lowest BCUT2D eigenvalue weighted by atomic mass is 10.0. The number of phenolic OH excluding ortho intramolecular Hbond substituents is 1. The first kappa shape index (κ1) is 14.3. The van der Waals surface area contributed by atoms with Crippen molar-refractivity contribution in [1.82, 2.24) is 0 Å². The predicted molar refractivity (Wildman–Crippen MR) is 65.4 cm³/mol. The van der Waals surface area contributed by atoms with Crippen LogP contribution in [0.15, 0.2) is 6.07 Å². The highest BCUT2D eigenvalue weighted by molar-refractivity contribution is 6.42. The maximum Gasteiger partial charge on any atom is 0.379 e. The molecule has 0 spiro atoms. The summed E-state index contributed by atoms with van der Waals surface area (Å²) in [6.45, 7) is 3.22. The van der Waals surface area contributed by atoms with Gasteiger partial charge in [-0.2, -0.15) is 0 Å². The summed E-state index contributed by atoms with van der Waals surface area (Å²) in [6.07, 6.45) is 0. The standard InChI is InChI=1S/C12H13ClO5/c1-4-18-12(16)10(15)9-6(2)7(13)5-8(14)11(9)17-3/h5,14H,4H2,1-3H3. The van der Waals surface area contributed by atoms with Gasteiger partial charge in [0.1, 0.15) is 0 Å². The van der Waals surface area contributed by atoms with Crippen LogP contribution in [0.3, 0.4) is 0 Å². The SMILES string of the molecule is CCOC(=O)C(=O)c1c(C)c(Cl)cc(O)c1OC. The summed E-state index contributed by atoms with van der Waals surface area (Å²) in [5, 5.41) is 9.81. The van der Waals surface area contributed by atoms with Gasteiger partial charge in [0.25, 0.3) is 5.78 Å². The molecule has 5 nitrogen and oxygen atoms in total. The zero-order valence-electron chi connectivity index (χ0n) is 10.2. The van der Waals surface area contributed by atoms with E-state index in [1.54, 1.807) is 13.8 Å². The van der Waals surface area contributed by atoms with Gasteiger partial charge in [0.15, 0.2) is 11.5 Å². The van der Waals surface area contributed by atoms with Crippen LogP contribution in [0.5, 0.6) is 11.5 Å². The van der Waals surface area contributed by atoms with Crippen LogP contribution in [-0.4, -0.2) is 30.6 Å². The van der Waals surface area contributed by atoms with Gasteiger partial charge in [-0.1, -0.05) is 11.6 Å². The molecule has 6 heteroatoms. The van der Waals surface area contributed by atoms with Gasteiger partial charge in [0, 0.05) is 11.1 Å². The molecule has 1 N–H and O–H groups in total. The van der Waals surface area contributed by atoms with Crippen LogP contribution < -0.4 is 4.74 Å². The van der Waals surface area contributed by atoms with Crippen molar-refractivity contribution in [2.24, 2.45) is 0 Å². The molecule has 0 unspecified atom stereocenters. The van der Waals surface area contributed by atoms with Crippen molar-refractivity contribution in [3.8, 4) is 11.5 Å². The van der Waals surface area contributed by atoms with E-state index in [0.29, 0.717) is 5.56 Å². The molecule has 0 saturated carbocycles. The summed E-state index contributed by atoms with van der Waals surface area (Å²) < 4.78 is 9.55. The van der Waals surface area contributed by atoms with Crippen molar-refractivity contribution < 1.29 is 24.2 Å². The normalized spacial score (nSPS) is 10.0. The smallest absolute Gasteiger partial charge is 0.379 e. The van der Waals surface area contributed by atoms with Crippen molar-refractivity contribution in [2.45, 2.75) is 13.8 Å². The molecule has 0 fully saturated rings. The number of benzene rings is 1. The van der Waals surface area contributed by atoms with Gasteiger partial charge in [-0.25, -0.2) is 4.79 Å². The number of Topliss-reactive ketones (excluding diaryl/α,β-unsaturated/α-hetero) is 1. The van der Waals surface area contributed by atoms with Crippen LogP contribution in [0.2, 0.25) is 5.02 Å². The monoisotopic (exact) mass is 272 g/mol. The summed E-state index contributed by atoms with van der Waals surface area (Å²) in [5.74, 6) is -2.31. The van der Waals surface area contributed by atoms with E-state index in [2.05, 4.69) is 4.74 Å². The van der Waals surface area contributed by atoms with Crippen molar-refractivity contribution in [3.63, 3.8) is 0 Å². The summed E-state index contributed by atoms with van der Waals surface area (Å²) in [4.78, 5) is 23.3. The van der Waals surface area contributed by atoms with E-state index >= 15 is 0 Å². The molecule has 0 aliphatic heterocycles. The molecule has 0 aromatic heterocycles. The van der Waals surface area contributed by atoms with Crippen LogP contribution >= 0.6 is 11.6 Å². The van der Waals surface area contributed by atoms with Crippen molar-refractivity contribution in [1.29, 1.82) is 0 Å². The molecule has 1 aromatic carbocycles. The number of carbonyl (C=O) groups excluding carboxylic acids is 2. The molecule has 0 radical (unpaired) electrons. The van der Waals surface area contributed by atoms with Crippen molar-refractivity contribution >= 4 is 23.4 Å². The van der Waals surface area contributed by atoms with E-state index in [1.807, 2.05) is 0 Å². The Labute approximate surface area is 109 Å². The Balaban J connectivity index is 3.38. The average Bonchev–Trinajstić information content (AvgIpc) is 2.32. The lowest BCUT2D eigenvalue weighted by molar-refractivity contribution is -0.137. The lowest BCUT2D eigenvalue weighted by Crippen LogP contribution is -2.19. The summed E-state index contributed by atoms with van der Waals surface area (Å²) in [5.41, 5.74) is 0.269. The fourth-order valence-corrected chi connectivity index (χ4v) is 1.69. The van der Waals surface area contributed by atoms with Gasteiger partial charge in [-0.15, -0.1) is 0 Å². The average molecular weight is 273 g/mol. The van der Waals surface area contributed by atoms with Crippen molar-refractivity contribution in [3.05, 3.63) is 22.2 Å². The number of methoxy groups -OCH3 is 1. The van der Waals surface area contributed by atoms with Gasteiger partial charge >= 0.3 is 5.97 Å². The number of hydrogen-bond acceptors (Lipinski definition) is 5. The van der Waals surface area contributed by atoms with Crippen LogP contribution in [0.4, 0.5) is 0 Å². The van der Waals surface area contributed by atoms with E-state index in [1.165, 1.54) is 13.2 Å². The second-order valence-electron chi connectivity index (χ2n) is 3.46. The molecule has 0 heterocycles. The highest BCUT2D eigenvalue weighted by atomic mass is 35.5. The van der Waals surface area contributed by atoms with Gasteiger partial charge in [-0.3, -0.25) is 4.79 Å². The number of ether oxygens (including phenoxy) is 2. The number of rotatable bonds is 4. The number of ketones is 1. The Morgan fingerprint density at radius 3 is 2.56 bits per heavy atom. The minimum Gasteiger partial charge on any atom is -0.504 e. The molecule has 0 amide bonds. The van der Waals surface area contributed by atoms with Gasteiger partial charge < -0.3 is 14.6 Å². The zero-order valence-corrected chi connectivity index (χ0v) is 11.0. The molecular weight excluding hydrogens is 260 g/mol. The maximum absolute atomic E-state index is 11.9. The van der Waals surface area contributed by atoms with Gasteiger partial charge in [-0.05, 0) is 19.4 Å². The highest BCUT2D eigenvalue weighted by Crippen LogP contribution is 2.37. The Morgan fingerprint density at radius 1 is 1.44 bits per heavy atom. The van der Waals surface area contributed by atoms with E-state index in [0.717, 1.165) is 0 Å². The van der Waals surface area contributed by atoms with E-state index in [-0.39, 0.29) is 28.7 Å². The van der Waals surface area contributed by atoms with E-state index in [9.17, 15) is 14.7 Å². The number of esters is 1. The van der Waals surface area contributed by atoms with Crippen LogP contribution in [-0.2, 0) is 9.53 Å². The third-order valence-corrected chi connectivity index (χ3v) is 2.74. The number of phenols is 1. The number of aromatic hydroxyl groups is 1. The molecule has 0 aliphatic rings. The second-order valence-corrected chi connectivity index (χ2v) is 3.87. The number of hydrogen-bond donors (Lipinski definition) is 1. The molecule has 0 bridgehead atoms. The molecule has 0 saturated heterocycles. The van der Waals surface area contributed by atoms with Crippen LogP contribution in [0.25, 0.3) is 0 Å². The Morgan fingerprint density at radius 2 is 2.06 bits per heavy atom. The lowest BCUT2D eigenvalue weighted by Gasteiger charge is -2.13. The Kier molecular flexibility index (Phi) is 4.55. The molecule has 0 atom stereocenters. The molecule has 1 rings (SSSR count). The molecular formula is C12H13ClO5. The van der Waals surface area contributed by atoms with Crippen LogP contribution in [0, 0.1) is 6.92 Å². The van der Waals surface area contributed by atoms with E-state index in [4.69, 9.17) is 16.3 Å². The van der Waals surface area contributed by atoms with Gasteiger partial charge in [0.05, 0.1) is 19.3 Å². The van der Waals surface area contributed by atoms with E-state index < -0.39 is 11.8 Å². The second kappa shape index (κ2) is 5.73. The minimum atomic E-state index is -1.01. The van der Waals surface area contributed by atoms with Crippen molar-refractivity contribution in [2.75, 3.05) is 13.7 Å². The molecule has 0 aliphatic carbocycles. The number of halogens is 1. The fourth-order valence-electron chi connectivity index (χ4n) is 1.49. The largest absolute Gasteiger partial charge is 0.504 e. The Bertz CT molecular complexity index is 496. The molecule has 18 heavy (non-hydrogen) atoms. The van der Waals surface area contributed by atoms with Crippen LogP contribution in [0.1, 0.15) is 22.8 Å². The first-order chi connectivity index (χ1) is 8.43. The summed E-state index contributed by atoms with van der Waals surface area (Å²) in [6, 6.07) is 1.25. The third kappa shape index (κ3) is 2.56. The Hall–Kier alpha value is -1.75. The molecule has 1 aromatic rings. The van der Waals surface area contributed by atoms with Gasteiger partial charge in [0.2, 0.25) is 0 Å². The number of carbonyl (C=O) groups is 2. The predicted octanol–water partition coefficient (Wildman–Crippen LogP) is 2.11. The molecule has 98 valence electrons.